The molecule has 22 heavy (non-hydrogen) atoms. The molecule has 1 fully saturated rings. The number of nitrogens with one attached hydrogen (secondary N) is 2. The quantitative estimate of drug-likeness (QED) is 0.802. The lowest BCUT2D eigenvalue weighted by Crippen LogP contribution is -2.42. The van der Waals surface area contributed by atoms with E-state index in [1.54, 1.807) is 12.0 Å². The fraction of sp³-hybridized carbons (Fsp3) is 0.500. The highest BCUT2D eigenvalue weighted by Gasteiger charge is 2.23. The molecule has 1 saturated carbocycles. The van der Waals surface area contributed by atoms with Crippen LogP contribution in [-0.2, 0) is 11.3 Å². The SMILES string of the molecule is COc1ccc(CN(CCNC(=O)NC2CC2)C(C)=O)cc1. The lowest BCUT2D eigenvalue weighted by Gasteiger charge is -2.21. The van der Waals surface area contributed by atoms with Crippen molar-refractivity contribution in [3.8, 4) is 5.75 Å². The summed E-state index contributed by atoms with van der Waals surface area (Å²) in [6.45, 7) is 2.98. The molecule has 0 bridgehead atoms. The van der Waals surface area contributed by atoms with Gasteiger partial charge < -0.3 is 20.3 Å². The van der Waals surface area contributed by atoms with Crippen molar-refractivity contribution in [3.05, 3.63) is 29.8 Å². The Morgan fingerprint density at radius 3 is 2.50 bits per heavy atom. The molecule has 6 nitrogen and oxygen atoms in total. The van der Waals surface area contributed by atoms with E-state index in [9.17, 15) is 9.59 Å². The molecule has 1 aromatic carbocycles. The first-order valence-electron chi connectivity index (χ1n) is 7.51. The molecule has 0 radical (unpaired) electrons. The molecular formula is C16H23N3O3. The fourth-order valence-corrected chi connectivity index (χ4v) is 2.07. The van der Waals surface area contributed by atoms with Crippen LogP contribution in [0.5, 0.6) is 5.75 Å². The first-order valence-corrected chi connectivity index (χ1v) is 7.51. The average Bonchev–Trinajstić information content (AvgIpc) is 3.30. The highest BCUT2D eigenvalue weighted by atomic mass is 16.5. The van der Waals surface area contributed by atoms with Gasteiger partial charge in [-0.1, -0.05) is 12.1 Å². The summed E-state index contributed by atoms with van der Waals surface area (Å²) < 4.78 is 5.11. The van der Waals surface area contributed by atoms with Crippen molar-refractivity contribution in [3.63, 3.8) is 0 Å². The normalized spacial score (nSPS) is 13.4. The summed E-state index contributed by atoms with van der Waals surface area (Å²) in [6.07, 6.45) is 2.12. The van der Waals surface area contributed by atoms with Crippen molar-refractivity contribution in [2.45, 2.75) is 32.4 Å². The van der Waals surface area contributed by atoms with Crippen molar-refractivity contribution in [2.75, 3.05) is 20.2 Å². The molecule has 6 heteroatoms. The fourth-order valence-electron chi connectivity index (χ4n) is 2.07. The Kier molecular flexibility index (Phi) is 5.63. The summed E-state index contributed by atoms with van der Waals surface area (Å²) >= 11 is 0. The van der Waals surface area contributed by atoms with Crippen molar-refractivity contribution < 1.29 is 14.3 Å². The lowest BCUT2D eigenvalue weighted by molar-refractivity contribution is -0.129. The molecule has 2 N–H and O–H groups in total. The van der Waals surface area contributed by atoms with E-state index in [0.717, 1.165) is 24.2 Å². The molecule has 120 valence electrons. The largest absolute Gasteiger partial charge is 0.497 e. The highest BCUT2D eigenvalue weighted by Crippen LogP contribution is 2.18. The minimum Gasteiger partial charge on any atom is -0.497 e. The summed E-state index contributed by atoms with van der Waals surface area (Å²) in [6, 6.07) is 7.78. The molecule has 0 saturated heterocycles. The van der Waals surface area contributed by atoms with E-state index in [1.165, 1.54) is 6.92 Å². The van der Waals surface area contributed by atoms with E-state index < -0.39 is 0 Å². The van der Waals surface area contributed by atoms with Gasteiger partial charge in [0, 0.05) is 32.6 Å². The van der Waals surface area contributed by atoms with Crippen molar-refractivity contribution >= 4 is 11.9 Å². The van der Waals surface area contributed by atoms with E-state index in [0.29, 0.717) is 25.7 Å². The van der Waals surface area contributed by atoms with Gasteiger partial charge in [-0.2, -0.15) is 0 Å². The van der Waals surface area contributed by atoms with Gasteiger partial charge in [-0.15, -0.1) is 0 Å². The Morgan fingerprint density at radius 1 is 1.27 bits per heavy atom. The Morgan fingerprint density at radius 2 is 1.95 bits per heavy atom. The number of methoxy groups -OCH3 is 1. The Bertz CT molecular complexity index is 512. The Balaban J connectivity index is 1.78. The molecule has 1 aromatic rings. The highest BCUT2D eigenvalue weighted by molar-refractivity contribution is 5.75. The van der Waals surface area contributed by atoms with E-state index >= 15 is 0 Å². The number of benzene rings is 1. The van der Waals surface area contributed by atoms with Crippen LogP contribution in [0.15, 0.2) is 24.3 Å². The number of carbonyl (C=O) groups is 2. The van der Waals surface area contributed by atoms with Crippen LogP contribution in [0.1, 0.15) is 25.3 Å². The van der Waals surface area contributed by atoms with Gasteiger partial charge in [-0.3, -0.25) is 4.79 Å². The summed E-state index contributed by atoms with van der Waals surface area (Å²) in [5, 5.41) is 5.63. The van der Waals surface area contributed by atoms with E-state index in [4.69, 9.17) is 4.74 Å². The third-order valence-electron chi connectivity index (χ3n) is 3.56. The first-order chi connectivity index (χ1) is 10.6. The number of nitrogens with zero attached hydrogens (tertiary/aromatic N) is 1. The second kappa shape index (κ2) is 7.68. The summed E-state index contributed by atoms with van der Waals surface area (Å²) in [5.41, 5.74) is 1.03. The molecule has 0 atom stereocenters. The lowest BCUT2D eigenvalue weighted by atomic mass is 10.2. The number of hydrogen-bond donors (Lipinski definition) is 2. The van der Waals surface area contributed by atoms with Crippen LogP contribution < -0.4 is 15.4 Å². The molecule has 1 aliphatic rings. The van der Waals surface area contributed by atoms with E-state index in [2.05, 4.69) is 10.6 Å². The molecule has 2 rings (SSSR count). The molecule has 3 amide bonds. The van der Waals surface area contributed by atoms with Crippen molar-refractivity contribution in [1.29, 1.82) is 0 Å². The second-order valence-corrected chi connectivity index (χ2v) is 5.46. The zero-order valence-corrected chi connectivity index (χ0v) is 13.1. The summed E-state index contributed by atoms with van der Waals surface area (Å²) in [7, 11) is 1.62. The number of rotatable bonds is 7. The molecule has 1 aliphatic carbocycles. The number of ether oxygens (including phenoxy) is 1. The third-order valence-corrected chi connectivity index (χ3v) is 3.56. The van der Waals surface area contributed by atoms with E-state index in [-0.39, 0.29) is 11.9 Å². The van der Waals surface area contributed by atoms with Crippen molar-refractivity contribution in [2.24, 2.45) is 0 Å². The van der Waals surface area contributed by atoms with Crippen LogP contribution in [0.2, 0.25) is 0 Å². The first kappa shape index (κ1) is 16.1. The van der Waals surface area contributed by atoms with Gasteiger partial charge in [0.25, 0.3) is 0 Å². The summed E-state index contributed by atoms with van der Waals surface area (Å²) in [5.74, 6) is 0.775. The third kappa shape index (κ3) is 5.27. The molecule has 0 spiro atoms. The standard InChI is InChI=1S/C16H23N3O3/c1-12(20)19(10-9-17-16(21)18-14-5-6-14)11-13-3-7-15(22-2)8-4-13/h3-4,7-8,14H,5-6,9-11H2,1-2H3,(H2,17,18,21). The van der Waals surface area contributed by atoms with Gasteiger partial charge in [0.1, 0.15) is 5.75 Å². The Hall–Kier alpha value is -2.24. The van der Waals surface area contributed by atoms with Gasteiger partial charge in [0.15, 0.2) is 0 Å². The Labute approximate surface area is 130 Å². The molecule has 0 unspecified atom stereocenters. The molecular weight excluding hydrogens is 282 g/mol. The molecule has 0 heterocycles. The molecule has 0 aliphatic heterocycles. The summed E-state index contributed by atoms with van der Waals surface area (Å²) in [4.78, 5) is 24.9. The van der Waals surface area contributed by atoms with Gasteiger partial charge in [0.2, 0.25) is 5.91 Å². The van der Waals surface area contributed by atoms with Crippen LogP contribution in [0.25, 0.3) is 0 Å². The zero-order chi connectivity index (χ0) is 15.9. The average molecular weight is 305 g/mol. The number of urea groups is 1. The van der Waals surface area contributed by atoms with Crippen molar-refractivity contribution in [1.82, 2.24) is 15.5 Å². The van der Waals surface area contributed by atoms with Gasteiger partial charge in [-0.05, 0) is 30.5 Å². The number of amides is 3. The van der Waals surface area contributed by atoms with E-state index in [1.807, 2.05) is 24.3 Å². The molecule has 0 aromatic heterocycles. The predicted molar refractivity (Wildman–Crippen MR) is 83.6 cm³/mol. The van der Waals surface area contributed by atoms with Gasteiger partial charge >= 0.3 is 6.03 Å². The smallest absolute Gasteiger partial charge is 0.315 e. The maximum absolute atomic E-state index is 11.7. The van der Waals surface area contributed by atoms with Crippen LogP contribution >= 0.6 is 0 Å². The minimum atomic E-state index is -0.157. The predicted octanol–water partition coefficient (Wildman–Crippen LogP) is 1.51. The maximum Gasteiger partial charge on any atom is 0.315 e. The van der Waals surface area contributed by atoms with Crippen LogP contribution in [0.4, 0.5) is 4.79 Å². The maximum atomic E-state index is 11.7. The number of hydrogen-bond acceptors (Lipinski definition) is 3. The van der Waals surface area contributed by atoms with Crippen LogP contribution in [-0.4, -0.2) is 43.1 Å². The monoisotopic (exact) mass is 305 g/mol. The van der Waals surface area contributed by atoms with Crippen LogP contribution in [0, 0.1) is 0 Å². The second-order valence-electron chi connectivity index (χ2n) is 5.46. The zero-order valence-electron chi connectivity index (χ0n) is 13.1. The topological polar surface area (TPSA) is 70.7 Å². The minimum absolute atomic E-state index is 0.0137. The number of carbonyl (C=O) groups excluding carboxylic acids is 2. The van der Waals surface area contributed by atoms with Gasteiger partial charge in [-0.25, -0.2) is 4.79 Å². The van der Waals surface area contributed by atoms with Gasteiger partial charge in [0.05, 0.1) is 7.11 Å². The van der Waals surface area contributed by atoms with Crippen LogP contribution in [0.3, 0.4) is 0 Å².